The van der Waals surface area contributed by atoms with Crippen LogP contribution >= 0.6 is 0 Å². The Hall–Kier alpha value is -2.43. The fourth-order valence-corrected chi connectivity index (χ4v) is 2.93. The average molecular weight is 329 g/mol. The quantitative estimate of drug-likeness (QED) is 0.503. The van der Waals surface area contributed by atoms with Crippen molar-refractivity contribution in [3.8, 4) is 0 Å². The lowest BCUT2D eigenvalue weighted by Gasteiger charge is -2.07. The second-order valence-corrected chi connectivity index (χ2v) is 6.06. The Morgan fingerprint density at radius 1 is 1.25 bits per heavy atom. The van der Waals surface area contributed by atoms with Gasteiger partial charge in [-0.2, -0.15) is 4.57 Å². The zero-order chi connectivity index (χ0) is 17.9. The molecule has 0 aliphatic rings. The van der Waals surface area contributed by atoms with Crippen LogP contribution in [0.4, 0.5) is 0 Å². The minimum absolute atomic E-state index is 0.0565. The van der Waals surface area contributed by atoms with E-state index >= 15 is 0 Å². The van der Waals surface area contributed by atoms with Crippen molar-refractivity contribution in [3.63, 3.8) is 0 Å². The zero-order valence-corrected chi connectivity index (χ0v) is 15.0. The molecule has 0 aliphatic heterocycles. The van der Waals surface area contributed by atoms with Crippen molar-refractivity contribution in [2.75, 3.05) is 7.11 Å². The van der Waals surface area contributed by atoms with Gasteiger partial charge in [-0.3, -0.25) is 4.79 Å². The van der Waals surface area contributed by atoms with E-state index in [-0.39, 0.29) is 11.8 Å². The van der Waals surface area contributed by atoms with Crippen LogP contribution in [-0.2, 0) is 11.2 Å². The number of esters is 1. The maximum atomic E-state index is 12.8. The van der Waals surface area contributed by atoms with E-state index in [1.165, 1.54) is 12.7 Å². The molecule has 5 nitrogen and oxygen atoms in total. The standard InChI is InChI=1S/C19H24N2O3/c1-6-7-15-8-10-21(11-9-15)14(4)18(22)17-12(2)16(13(3)20-17)19(23)24-5/h8-11,14H,6-7H2,1-5H3/p+1/t14-/m0/s1. The molecule has 0 radical (unpaired) electrons. The molecular formula is C19H25N2O3+. The number of Topliss-reactive ketones (excluding diaryl/α,β-unsaturated/α-hetero) is 1. The number of carbonyl (C=O) groups excluding carboxylic acids is 2. The van der Waals surface area contributed by atoms with E-state index in [0.29, 0.717) is 22.5 Å². The second kappa shape index (κ2) is 7.43. The van der Waals surface area contributed by atoms with Crippen molar-refractivity contribution in [1.29, 1.82) is 0 Å². The number of ketones is 1. The summed E-state index contributed by atoms with van der Waals surface area (Å²) in [6.45, 7) is 7.54. The summed E-state index contributed by atoms with van der Waals surface area (Å²) in [5, 5.41) is 0. The van der Waals surface area contributed by atoms with E-state index in [0.717, 1.165) is 12.8 Å². The smallest absolute Gasteiger partial charge is 0.339 e. The lowest BCUT2D eigenvalue weighted by molar-refractivity contribution is -0.704. The second-order valence-electron chi connectivity index (χ2n) is 6.06. The predicted octanol–water partition coefficient (Wildman–Crippen LogP) is 3.10. The number of H-pyrrole nitrogens is 1. The molecule has 1 atom stereocenters. The van der Waals surface area contributed by atoms with Gasteiger partial charge in [-0.05, 0) is 31.4 Å². The topological polar surface area (TPSA) is 63.0 Å². The van der Waals surface area contributed by atoms with E-state index in [1.807, 2.05) is 36.0 Å². The van der Waals surface area contributed by atoms with Gasteiger partial charge in [0.1, 0.15) is 0 Å². The van der Waals surface area contributed by atoms with Crippen LogP contribution in [0, 0.1) is 13.8 Å². The van der Waals surface area contributed by atoms with E-state index in [2.05, 4.69) is 11.9 Å². The molecule has 0 aliphatic carbocycles. The van der Waals surface area contributed by atoms with Crippen LogP contribution in [0.1, 0.15) is 64.0 Å². The van der Waals surface area contributed by atoms with Crippen LogP contribution in [-0.4, -0.2) is 23.8 Å². The summed E-state index contributed by atoms with van der Waals surface area (Å²) in [6, 6.07) is 3.72. The maximum Gasteiger partial charge on any atom is 0.339 e. The molecule has 2 aromatic heterocycles. The van der Waals surface area contributed by atoms with Gasteiger partial charge in [0.05, 0.1) is 18.4 Å². The summed E-state index contributed by atoms with van der Waals surface area (Å²) in [5.41, 5.74) is 3.45. The first-order valence-electron chi connectivity index (χ1n) is 8.22. The number of methoxy groups -OCH3 is 1. The molecule has 0 saturated carbocycles. The highest BCUT2D eigenvalue weighted by Gasteiger charge is 2.29. The van der Waals surface area contributed by atoms with Crippen LogP contribution < -0.4 is 4.57 Å². The van der Waals surface area contributed by atoms with Crippen molar-refractivity contribution in [1.82, 2.24) is 4.98 Å². The number of aryl methyl sites for hydroxylation is 2. The van der Waals surface area contributed by atoms with Gasteiger partial charge in [0, 0.05) is 24.8 Å². The number of aromatic amines is 1. The van der Waals surface area contributed by atoms with Crippen molar-refractivity contribution in [2.24, 2.45) is 0 Å². The number of hydrogen-bond donors (Lipinski definition) is 1. The van der Waals surface area contributed by atoms with Crippen molar-refractivity contribution < 1.29 is 18.9 Å². The van der Waals surface area contributed by atoms with Gasteiger partial charge < -0.3 is 9.72 Å². The molecule has 0 saturated heterocycles. The number of nitrogens with zero attached hydrogens (tertiary/aromatic N) is 1. The Morgan fingerprint density at radius 2 is 1.88 bits per heavy atom. The summed E-state index contributed by atoms with van der Waals surface area (Å²) in [4.78, 5) is 27.8. The lowest BCUT2D eigenvalue weighted by atomic mass is 10.0. The van der Waals surface area contributed by atoms with Crippen molar-refractivity contribution in [3.05, 3.63) is 52.6 Å². The number of ether oxygens (including phenoxy) is 1. The van der Waals surface area contributed by atoms with Crippen molar-refractivity contribution >= 4 is 11.8 Å². The summed E-state index contributed by atoms with van der Waals surface area (Å²) >= 11 is 0. The normalized spacial score (nSPS) is 12.0. The zero-order valence-electron chi connectivity index (χ0n) is 15.0. The van der Waals surface area contributed by atoms with Gasteiger partial charge in [0.25, 0.3) is 0 Å². The van der Waals surface area contributed by atoms with E-state index in [9.17, 15) is 9.59 Å². The molecule has 0 fully saturated rings. The fraction of sp³-hybridized carbons (Fsp3) is 0.421. The van der Waals surface area contributed by atoms with Crippen LogP contribution in [0.5, 0.6) is 0 Å². The van der Waals surface area contributed by atoms with Gasteiger partial charge in [0.2, 0.25) is 11.8 Å². The molecule has 1 N–H and O–H groups in total. The summed E-state index contributed by atoms with van der Waals surface area (Å²) in [5.74, 6) is -0.483. The van der Waals surface area contributed by atoms with Crippen LogP contribution in [0.3, 0.4) is 0 Å². The molecule has 24 heavy (non-hydrogen) atoms. The number of rotatable bonds is 6. The third-order valence-electron chi connectivity index (χ3n) is 4.36. The van der Waals surface area contributed by atoms with E-state index < -0.39 is 5.97 Å². The highest BCUT2D eigenvalue weighted by atomic mass is 16.5. The summed E-state index contributed by atoms with van der Waals surface area (Å²) < 4.78 is 6.68. The number of nitrogens with one attached hydrogen (secondary N) is 1. The third kappa shape index (κ3) is 3.40. The Balaban J connectivity index is 2.29. The Kier molecular flexibility index (Phi) is 5.54. The molecule has 0 aromatic carbocycles. The first-order valence-corrected chi connectivity index (χ1v) is 8.22. The van der Waals surface area contributed by atoms with Gasteiger partial charge in [-0.1, -0.05) is 13.3 Å². The number of aromatic nitrogens is 2. The molecule has 5 heteroatoms. The number of carbonyl (C=O) groups is 2. The molecule has 2 aromatic rings. The number of pyridine rings is 1. The lowest BCUT2D eigenvalue weighted by Crippen LogP contribution is -2.42. The minimum atomic E-state index is -0.426. The van der Waals surface area contributed by atoms with Gasteiger partial charge in [0.15, 0.2) is 12.4 Å². The van der Waals surface area contributed by atoms with Crippen LogP contribution in [0.2, 0.25) is 0 Å². The molecule has 0 unspecified atom stereocenters. The van der Waals surface area contributed by atoms with E-state index in [1.54, 1.807) is 13.8 Å². The molecule has 0 amide bonds. The first-order chi connectivity index (χ1) is 11.4. The average Bonchev–Trinajstić information content (AvgIpc) is 2.88. The highest BCUT2D eigenvalue weighted by Crippen LogP contribution is 2.21. The highest BCUT2D eigenvalue weighted by molar-refractivity contribution is 6.02. The minimum Gasteiger partial charge on any atom is -0.465 e. The first kappa shape index (κ1) is 17.9. The molecule has 2 heterocycles. The molecule has 128 valence electrons. The largest absolute Gasteiger partial charge is 0.465 e. The summed E-state index contributed by atoms with van der Waals surface area (Å²) in [7, 11) is 1.34. The predicted molar refractivity (Wildman–Crippen MR) is 91.3 cm³/mol. The number of hydrogen-bond acceptors (Lipinski definition) is 3. The molecule has 0 spiro atoms. The van der Waals surface area contributed by atoms with Gasteiger partial charge in [-0.15, -0.1) is 0 Å². The molecular weight excluding hydrogens is 304 g/mol. The van der Waals surface area contributed by atoms with Crippen molar-refractivity contribution in [2.45, 2.75) is 46.6 Å². The third-order valence-corrected chi connectivity index (χ3v) is 4.36. The van der Waals surface area contributed by atoms with Gasteiger partial charge in [-0.25, -0.2) is 4.79 Å². The fourth-order valence-electron chi connectivity index (χ4n) is 2.93. The molecule has 2 rings (SSSR count). The molecule has 0 bridgehead atoms. The Morgan fingerprint density at radius 3 is 2.42 bits per heavy atom. The summed E-state index contributed by atoms with van der Waals surface area (Å²) in [6.07, 6.45) is 5.98. The Bertz CT molecular complexity index is 745. The maximum absolute atomic E-state index is 12.8. The monoisotopic (exact) mass is 329 g/mol. The van der Waals surface area contributed by atoms with Crippen LogP contribution in [0.15, 0.2) is 24.5 Å². The van der Waals surface area contributed by atoms with E-state index in [4.69, 9.17) is 4.74 Å². The SMILES string of the molecule is CCCc1cc[n+]([C@@H](C)C(=O)c2[nH]c(C)c(C(=O)OC)c2C)cc1. The van der Waals surface area contributed by atoms with Gasteiger partial charge >= 0.3 is 5.97 Å². The Labute approximate surface area is 142 Å². The van der Waals surface area contributed by atoms with Crippen LogP contribution in [0.25, 0.3) is 0 Å².